The molecule has 3 aromatic rings. The Hall–Kier alpha value is -5.67. The Morgan fingerprint density at radius 1 is 0.906 bits per heavy atom. The Bertz CT molecular complexity index is 1660. The second-order valence-electron chi connectivity index (χ2n) is 12.3. The quantitative estimate of drug-likeness (QED) is 0.107. The molecule has 0 aliphatic heterocycles. The zero-order chi connectivity index (χ0) is 38.8. The largest absolute Gasteiger partial charge is 0.448 e. The van der Waals surface area contributed by atoms with E-state index in [9.17, 15) is 29.1 Å². The van der Waals surface area contributed by atoms with Gasteiger partial charge in [0.15, 0.2) is 0 Å². The molecular weight excluding hydrogens is 682 g/mol. The molecule has 1 unspecified atom stereocenters. The first-order chi connectivity index (χ1) is 25.5. The first kappa shape index (κ1) is 41.7. The van der Waals surface area contributed by atoms with Gasteiger partial charge in [-0.25, -0.2) is 14.4 Å². The van der Waals surface area contributed by atoms with Gasteiger partial charge in [0.05, 0.1) is 6.61 Å². The summed E-state index contributed by atoms with van der Waals surface area (Å²) in [4.78, 5) is 63.2. The number of hydrogen-bond acceptors (Lipinski definition) is 9. The number of ether oxygens (including phenoxy) is 2. The Morgan fingerprint density at radius 3 is 2.15 bits per heavy atom. The second kappa shape index (κ2) is 21.6. The Kier molecular flexibility index (Phi) is 17.0. The molecule has 0 heterocycles. The number of nitrogens with zero attached hydrogens (tertiary/aromatic N) is 1. The maximum atomic E-state index is 13.3. The van der Waals surface area contributed by atoms with Gasteiger partial charge in [-0.1, -0.05) is 74.9 Å². The first-order valence-electron chi connectivity index (χ1n) is 17.6. The van der Waals surface area contributed by atoms with E-state index in [0.717, 1.165) is 22.3 Å². The summed E-state index contributed by atoms with van der Waals surface area (Å²) in [6, 6.07) is 19.1. The number of aliphatic hydroxyl groups is 1. The maximum absolute atomic E-state index is 13.3. The topological polar surface area (TPSA) is 227 Å². The number of primary amides is 1. The summed E-state index contributed by atoms with van der Waals surface area (Å²) in [7, 11) is 1.58. The number of aliphatic hydroxyl groups excluding tert-OH is 1. The lowest BCUT2D eigenvalue weighted by molar-refractivity contribution is -0.126. The fraction of sp³-hybridized carbons (Fsp3) is 0.395. The molecule has 3 aromatic carbocycles. The molecule has 0 saturated carbocycles. The summed E-state index contributed by atoms with van der Waals surface area (Å²) in [6.45, 7) is 3.96. The minimum atomic E-state index is -1.05. The summed E-state index contributed by atoms with van der Waals surface area (Å²) < 4.78 is 10.5. The van der Waals surface area contributed by atoms with E-state index in [1.807, 2.05) is 36.4 Å². The van der Waals surface area contributed by atoms with Crippen LogP contribution in [0.4, 0.5) is 20.1 Å². The lowest BCUT2D eigenvalue weighted by atomic mass is 9.98. The van der Waals surface area contributed by atoms with Crippen molar-refractivity contribution in [3.05, 3.63) is 89.0 Å². The SMILES string of the molecule is CCC.CN(Cc1cc(NC(=O)C(CCCNC(N)=O)NC(=O)CNC(=O)OCCN)ccc1CO)C(=O)OCC1c2ccccc2-c2ccccc21. The van der Waals surface area contributed by atoms with E-state index in [1.165, 1.54) is 11.3 Å². The molecule has 286 valence electrons. The smallest absolute Gasteiger partial charge is 0.409 e. The highest BCUT2D eigenvalue weighted by atomic mass is 16.6. The van der Waals surface area contributed by atoms with Crippen molar-refractivity contribution in [3.8, 4) is 11.1 Å². The molecule has 0 saturated heterocycles. The molecule has 9 N–H and O–H groups in total. The van der Waals surface area contributed by atoms with Crippen LogP contribution in [0.25, 0.3) is 11.1 Å². The lowest BCUT2D eigenvalue weighted by Crippen LogP contribution is -2.48. The monoisotopic (exact) mass is 733 g/mol. The van der Waals surface area contributed by atoms with Crippen LogP contribution in [-0.4, -0.2) is 86.0 Å². The van der Waals surface area contributed by atoms with Gasteiger partial charge in [0, 0.05) is 38.3 Å². The predicted molar refractivity (Wildman–Crippen MR) is 201 cm³/mol. The molecular formula is C38H51N7O8. The van der Waals surface area contributed by atoms with Gasteiger partial charge in [-0.15, -0.1) is 0 Å². The zero-order valence-corrected chi connectivity index (χ0v) is 30.5. The summed E-state index contributed by atoms with van der Waals surface area (Å²) in [5.74, 6) is -1.33. The fourth-order valence-electron chi connectivity index (χ4n) is 5.65. The van der Waals surface area contributed by atoms with Gasteiger partial charge in [-0.05, 0) is 58.4 Å². The van der Waals surface area contributed by atoms with Crippen LogP contribution in [0.2, 0.25) is 0 Å². The maximum Gasteiger partial charge on any atom is 0.409 e. The number of hydrogen-bond donors (Lipinski definition) is 7. The van der Waals surface area contributed by atoms with Crippen LogP contribution in [-0.2, 0) is 32.2 Å². The van der Waals surface area contributed by atoms with Gasteiger partial charge in [0.2, 0.25) is 11.8 Å². The number of urea groups is 1. The summed E-state index contributed by atoms with van der Waals surface area (Å²) in [5, 5.41) is 20.0. The number of carbonyl (C=O) groups is 5. The van der Waals surface area contributed by atoms with Gasteiger partial charge < -0.3 is 52.2 Å². The number of rotatable bonds is 16. The molecule has 15 nitrogen and oxygen atoms in total. The number of amides is 6. The van der Waals surface area contributed by atoms with Crippen molar-refractivity contribution in [3.63, 3.8) is 0 Å². The standard InChI is InChI=1S/C35H43N7O8.C3H8/c1-42(35(48)50-21-29-27-9-4-2-7-25(27)26-8-3-5-10-28(26)29)19-23-17-24(13-12-22(23)20-43)40-32(45)30(11-6-15-38-33(37)46)41-31(44)18-39-34(47)49-16-14-36;1-3-2/h2-5,7-10,12-13,17,29-30,43H,6,11,14-16,18-21,36H2,1H3,(H,39,47)(H,40,45)(H,41,44)(H3,37,38,46);3H2,1-2H3. The number of benzene rings is 3. The summed E-state index contributed by atoms with van der Waals surface area (Å²) in [5.41, 5.74) is 16.3. The Labute approximate surface area is 309 Å². The summed E-state index contributed by atoms with van der Waals surface area (Å²) in [6.07, 6.45) is 0.281. The van der Waals surface area contributed by atoms with Crippen LogP contribution < -0.4 is 32.7 Å². The fourth-order valence-corrected chi connectivity index (χ4v) is 5.65. The van der Waals surface area contributed by atoms with Gasteiger partial charge in [-0.2, -0.15) is 0 Å². The van der Waals surface area contributed by atoms with Crippen molar-refractivity contribution < 1.29 is 38.6 Å². The summed E-state index contributed by atoms with van der Waals surface area (Å²) >= 11 is 0. The minimum Gasteiger partial charge on any atom is -0.448 e. The molecule has 0 fully saturated rings. The van der Waals surface area contributed by atoms with Crippen molar-refractivity contribution in [1.29, 1.82) is 0 Å². The average molecular weight is 734 g/mol. The first-order valence-corrected chi connectivity index (χ1v) is 17.6. The van der Waals surface area contributed by atoms with Gasteiger partial charge in [0.25, 0.3) is 0 Å². The Morgan fingerprint density at radius 2 is 1.55 bits per heavy atom. The van der Waals surface area contributed by atoms with Crippen molar-refractivity contribution in [2.75, 3.05) is 45.2 Å². The van der Waals surface area contributed by atoms with E-state index >= 15 is 0 Å². The van der Waals surface area contributed by atoms with Gasteiger partial charge >= 0.3 is 18.2 Å². The molecule has 0 spiro atoms. The third kappa shape index (κ3) is 12.8. The number of nitrogens with one attached hydrogen (secondary N) is 4. The van der Waals surface area contributed by atoms with E-state index in [-0.39, 0.29) is 51.8 Å². The van der Waals surface area contributed by atoms with E-state index < -0.39 is 42.6 Å². The van der Waals surface area contributed by atoms with Gasteiger partial charge in [-0.3, -0.25) is 9.59 Å². The van der Waals surface area contributed by atoms with Crippen molar-refractivity contribution in [1.82, 2.24) is 20.9 Å². The Balaban J connectivity index is 0.00000243. The van der Waals surface area contributed by atoms with Crippen molar-refractivity contribution in [2.24, 2.45) is 11.5 Å². The van der Waals surface area contributed by atoms with Crippen LogP contribution >= 0.6 is 0 Å². The molecule has 0 bridgehead atoms. The average Bonchev–Trinajstić information content (AvgIpc) is 3.47. The van der Waals surface area contributed by atoms with Crippen LogP contribution in [0, 0.1) is 0 Å². The van der Waals surface area contributed by atoms with Crippen LogP contribution in [0.3, 0.4) is 0 Å². The predicted octanol–water partition coefficient (Wildman–Crippen LogP) is 3.53. The number of anilines is 1. The van der Waals surface area contributed by atoms with Crippen molar-refractivity contribution >= 4 is 35.7 Å². The molecule has 1 aliphatic rings. The molecule has 4 rings (SSSR count). The van der Waals surface area contributed by atoms with E-state index in [4.69, 9.17) is 20.9 Å². The molecule has 53 heavy (non-hydrogen) atoms. The van der Waals surface area contributed by atoms with Crippen LogP contribution in [0.15, 0.2) is 66.7 Å². The highest BCUT2D eigenvalue weighted by molar-refractivity contribution is 5.97. The molecule has 6 amide bonds. The van der Waals surface area contributed by atoms with Crippen molar-refractivity contribution in [2.45, 2.75) is 58.2 Å². The van der Waals surface area contributed by atoms with E-state index in [2.05, 4.69) is 47.2 Å². The lowest BCUT2D eigenvalue weighted by Gasteiger charge is -2.22. The molecule has 0 radical (unpaired) electrons. The zero-order valence-electron chi connectivity index (χ0n) is 30.5. The molecule has 15 heteroatoms. The minimum absolute atomic E-state index is 0.0239. The number of fused-ring (bicyclic) bond motifs is 3. The van der Waals surface area contributed by atoms with E-state index in [0.29, 0.717) is 23.2 Å². The third-order valence-electron chi connectivity index (χ3n) is 8.06. The highest BCUT2D eigenvalue weighted by Crippen LogP contribution is 2.44. The normalized spacial score (nSPS) is 11.8. The second-order valence-corrected chi connectivity index (χ2v) is 12.3. The van der Waals surface area contributed by atoms with Gasteiger partial charge in [0.1, 0.15) is 25.8 Å². The molecule has 1 aliphatic carbocycles. The molecule has 1 atom stereocenters. The number of alkyl carbamates (subject to hydrolysis) is 1. The van der Waals surface area contributed by atoms with E-state index in [1.54, 1.807) is 25.2 Å². The third-order valence-corrected chi connectivity index (χ3v) is 8.06. The highest BCUT2D eigenvalue weighted by Gasteiger charge is 2.29. The number of nitrogens with two attached hydrogens (primary N) is 2. The molecule has 0 aromatic heterocycles. The van der Waals surface area contributed by atoms with Crippen LogP contribution in [0.1, 0.15) is 61.3 Å². The van der Waals surface area contributed by atoms with Crippen LogP contribution in [0.5, 0.6) is 0 Å². The number of carbonyl (C=O) groups excluding carboxylic acids is 5.